The third-order valence-electron chi connectivity index (χ3n) is 3.12. The van der Waals surface area contributed by atoms with Crippen molar-refractivity contribution < 1.29 is 9.90 Å². The monoisotopic (exact) mass is 228 g/mol. The molecule has 16 heavy (non-hydrogen) atoms. The van der Waals surface area contributed by atoms with E-state index in [0.717, 1.165) is 25.9 Å². The third-order valence-corrected chi connectivity index (χ3v) is 3.12. The fraction of sp³-hybridized carbons (Fsp3) is 0.917. The molecular formula is C12H24N2O2. The number of likely N-dealkylation sites (tertiary alicyclic amines) is 1. The summed E-state index contributed by atoms with van der Waals surface area (Å²) >= 11 is 0. The van der Waals surface area contributed by atoms with Crippen LogP contribution in [-0.2, 0) is 4.79 Å². The number of piperidine rings is 1. The quantitative estimate of drug-likeness (QED) is 0.725. The Balaban J connectivity index is 2.29. The van der Waals surface area contributed by atoms with Crippen LogP contribution in [0.2, 0.25) is 0 Å². The van der Waals surface area contributed by atoms with Gasteiger partial charge in [-0.25, -0.2) is 0 Å². The summed E-state index contributed by atoms with van der Waals surface area (Å²) in [6, 6.07) is -0.132. The van der Waals surface area contributed by atoms with Crippen LogP contribution in [0.25, 0.3) is 0 Å². The number of nitrogens with zero attached hydrogens (tertiary/aromatic N) is 1. The zero-order valence-corrected chi connectivity index (χ0v) is 10.4. The summed E-state index contributed by atoms with van der Waals surface area (Å²) in [6.07, 6.45) is 3.50. The molecule has 94 valence electrons. The SMILES string of the molecule is CC(CO)CNC(C)C(=O)N1CCCCC1. The molecule has 0 bridgehead atoms. The van der Waals surface area contributed by atoms with Crippen molar-refractivity contribution in [3.05, 3.63) is 0 Å². The molecule has 0 aromatic rings. The highest BCUT2D eigenvalue weighted by Gasteiger charge is 2.21. The number of nitrogens with one attached hydrogen (secondary N) is 1. The van der Waals surface area contributed by atoms with Gasteiger partial charge >= 0.3 is 0 Å². The molecule has 0 aromatic carbocycles. The summed E-state index contributed by atoms with van der Waals surface area (Å²) < 4.78 is 0. The van der Waals surface area contributed by atoms with Crippen LogP contribution >= 0.6 is 0 Å². The molecule has 4 heteroatoms. The molecule has 1 heterocycles. The molecular weight excluding hydrogens is 204 g/mol. The van der Waals surface area contributed by atoms with Gasteiger partial charge in [-0.3, -0.25) is 4.79 Å². The van der Waals surface area contributed by atoms with Gasteiger partial charge in [0.15, 0.2) is 0 Å². The number of aliphatic hydroxyl groups is 1. The second-order valence-corrected chi connectivity index (χ2v) is 4.80. The van der Waals surface area contributed by atoms with E-state index < -0.39 is 0 Å². The van der Waals surface area contributed by atoms with E-state index in [4.69, 9.17) is 5.11 Å². The van der Waals surface area contributed by atoms with Crippen molar-refractivity contribution in [1.29, 1.82) is 0 Å². The minimum Gasteiger partial charge on any atom is -0.396 e. The smallest absolute Gasteiger partial charge is 0.239 e. The van der Waals surface area contributed by atoms with E-state index in [2.05, 4.69) is 5.32 Å². The van der Waals surface area contributed by atoms with Crippen LogP contribution < -0.4 is 5.32 Å². The Morgan fingerprint density at radius 2 is 1.94 bits per heavy atom. The van der Waals surface area contributed by atoms with Crippen molar-refractivity contribution in [2.45, 2.75) is 39.2 Å². The lowest BCUT2D eigenvalue weighted by Crippen LogP contribution is -2.47. The van der Waals surface area contributed by atoms with E-state index >= 15 is 0 Å². The van der Waals surface area contributed by atoms with Gasteiger partial charge in [0.2, 0.25) is 5.91 Å². The van der Waals surface area contributed by atoms with Gasteiger partial charge in [-0.2, -0.15) is 0 Å². The zero-order valence-electron chi connectivity index (χ0n) is 10.4. The number of amides is 1. The minimum atomic E-state index is -0.132. The van der Waals surface area contributed by atoms with Gasteiger partial charge in [0.05, 0.1) is 6.04 Å². The highest BCUT2D eigenvalue weighted by atomic mass is 16.3. The minimum absolute atomic E-state index is 0.132. The fourth-order valence-corrected chi connectivity index (χ4v) is 1.92. The van der Waals surface area contributed by atoms with Crippen LogP contribution in [0.5, 0.6) is 0 Å². The standard InChI is InChI=1S/C12H24N2O2/c1-10(9-15)8-13-11(2)12(16)14-6-4-3-5-7-14/h10-11,13,15H,3-9H2,1-2H3. The predicted octanol–water partition coefficient (Wildman–Crippen LogP) is 0.605. The number of carbonyl (C=O) groups excluding carboxylic acids is 1. The normalized spacial score (nSPS) is 20.6. The van der Waals surface area contributed by atoms with Gasteiger partial charge in [0.1, 0.15) is 0 Å². The van der Waals surface area contributed by atoms with E-state index in [1.54, 1.807) is 0 Å². The lowest BCUT2D eigenvalue weighted by atomic mass is 10.1. The number of hydrogen-bond donors (Lipinski definition) is 2. The fourth-order valence-electron chi connectivity index (χ4n) is 1.92. The van der Waals surface area contributed by atoms with Crippen molar-refractivity contribution in [3.63, 3.8) is 0 Å². The molecule has 0 aromatic heterocycles. The Hall–Kier alpha value is -0.610. The highest BCUT2D eigenvalue weighted by Crippen LogP contribution is 2.09. The lowest BCUT2D eigenvalue weighted by molar-refractivity contribution is -0.134. The van der Waals surface area contributed by atoms with Crippen LogP contribution in [0.1, 0.15) is 33.1 Å². The molecule has 2 unspecified atom stereocenters. The Labute approximate surface area is 98.0 Å². The summed E-state index contributed by atoms with van der Waals surface area (Å²) in [5, 5.41) is 12.1. The van der Waals surface area contributed by atoms with Crippen molar-refractivity contribution in [1.82, 2.24) is 10.2 Å². The average Bonchev–Trinajstić information content (AvgIpc) is 2.35. The molecule has 0 aliphatic carbocycles. The number of aliphatic hydroxyl groups excluding tert-OH is 1. The maximum atomic E-state index is 12.0. The molecule has 1 amide bonds. The summed E-state index contributed by atoms with van der Waals surface area (Å²) in [6.45, 7) is 6.53. The molecule has 1 saturated heterocycles. The van der Waals surface area contributed by atoms with E-state index in [9.17, 15) is 4.79 Å². The molecule has 1 rings (SSSR count). The molecule has 0 spiro atoms. The maximum absolute atomic E-state index is 12.0. The second-order valence-electron chi connectivity index (χ2n) is 4.80. The van der Waals surface area contributed by atoms with Gasteiger partial charge < -0.3 is 15.3 Å². The topological polar surface area (TPSA) is 52.6 Å². The maximum Gasteiger partial charge on any atom is 0.239 e. The number of carbonyl (C=O) groups is 1. The largest absolute Gasteiger partial charge is 0.396 e. The van der Waals surface area contributed by atoms with Crippen LogP contribution in [0.4, 0.5) is 0 Å². The number of rotatable bonds is 5. The number of hydrogen-bond acceptors (Lipinski definition) is 3. The van der Waals surface area contributed by atoms with Crippen LogP contribution in [-0.4, -0.2) is 48.2 Å². The first kappa shape index (κ1) is 13.5. The van der Waals surface area contributed by atoms with Gasteiger partial charge in [-0.1, -0.05) is 6.92 Å². The Kier molecular flexibility index (Phi) is 5.77. The summed E-state index contributed by atoms with van der Waals surface area (Å²) in [5.74, 6) is 0.404. The molecule has 4 nitrogen and oxygen atoms in total. The van der Waals surface area contributed by atoms with Crippen molar-refractivity contribution in [3.8, 4) is 0 Å². The molecule has 0 radical (unpaired) electrons. The van der Waals surface area contributed by atoms with Crippen molar-refractivity contribution in [2.75, 3.05) is 26.2 Å². The van der Waals surface area contributed by atoms with Gasteiger partial charge in [-0.15, -0.1) is 0 Å². The predicted molar refractivity (Wildman–Crippen MR) is 64.1 cm³/mol. The second kappa shape index (κ2) is 6.86. The van der Waals surface area contributed by atoms with E-state index in [1.807, 2.05) is 18.7 Å². The van der Waals surface area contributed by atoms with Gasteiger partial charge in [0, 0.05) is 26.2 Å². The first-order valence-electron chi connectivity index (χ1n) is 6.28. The van der Waals surface area contributed by atoms with Crippen LogP contribution in [0, 0.1) is 5.92 Å². The summed E-state index contributed by atoms with van der Waals surface area (Å²) in [4.78, 5) is 13.9. The summed E-state index contributed by atoms with van der Waals surface area (Å²) in [5.41, 5.74) is 0. The summed E-state index contributed by atoms with van der Waals surface area (Å²) in [7, 11) is 0. The molecule has 2 N–H and O–H groups in total. The van der Waals surface area contributed by atoms with Crippen LogP contribution in [0.3, 0.4) is 0 Å². The van der Waals surface area contributed by atoms with Crippen molar-refractivity contribution in [2.24, 2.45) is 5.92 Å². The average molecular weight is 228 g/mol. The Bertz CT molecular complexity index is 215. The molecule has 2 atom stereocenters. The van der Waals surface area contributed by atoms with E-state index in [1.165, 1.54) is 6.42 Å². The molecule has 1 aliphatic heterocycles. The lowest BCUT2D eigenvalue weighted by Gasteiger charge is -2.29. The van der Waals surface area contributed by atoms with Gasteiger partial charge in [-0.05, 0) is 32.1 Å². The Morgan fingerprint density at radius 1 is 1.31 bits per heavy atom. The first-order chi connectivity index (χ1) is 7.65. The first-order valence-corrected chi connectivity index (χ1v) is 6.28. The van der Waals surface area contributed by atoms with E-state index in [0.29, 0.717) is 6.54 Å². The molecule has 1 aliphatic rings. The highest BCUT2D eigenvalue weighted by molar-refractivity contribution is 5.81. The van der Waals surface area contributed by atoms with E-state index in [-0.39, 0.29) is 24.5 Å². The van der Waals surface area contributed by atoms with Crippen LogP contribution in [0.15, 0.2) is 0 Å². The van der Waals surface area contributed by atoms with Gasteiger partial charge in [0.25, 0.3) is 0 Å². The zero-order chi connectivity index (χ0) is 12.0. The molecule has 0 saturated carbocycles. The Morgan fingerprint density at radius 3 is 2.50 bits per heavy atom. The third kappa shape index (κ3) is 4.10. The van der Waals surface area contributed by atoms with Crippen molar-refractivity contribution >= 4 is 5.91 Å². The molecule has 1 fully saturated rings.